The van der Waals surface area contributed by atoms with Crippen molar-refractivity contribution in [3.63, 3.8) is 0 Å². The maximum absolute atomic E-state index is 12.6. The highest BCUT2D eigenvalue weighted by molar-refractivity contribution is 6.01. The predicted molar refractivity (Wildman–Crippen MR) is 95.1 cm³/mol. The Labute approximate surface area is 144 Å². The summed E-state index contributed by atoms with van der Waals surface area (Å²) in [5, 5.41) is 2.95. The van der Waals surface area contributed by atoms with E-state index < -0.39 is 6.04 Å². The molecule has 1 atom stereocenters. The summed E-state index contributed by atoms with van der Waals surface area (Å²) in [7, 11) is 0. The summed E-state index contributed by atoms with van der Waals surface area (Å²) in [5.41, 5.74) is 2.03. The second-order valence-corrected chi connectivity index (χ2v) is 6.01. The van der Waals surface area contributed by atoms with Crippen molar-refractivity contribution >= 4 is 17.5 Å². The average Bonchev–Trinajstić information content (AvgIpc) is 2.75. The lowest BCUT2D eigenvalue weighted by molar-refractivity contribution is -0.126. The van der Waals surface area contributed by atoms with Crippen LogP contribution < -0.4 is 10.2 Å². The van der Waals surface area contributed by atoms with Gasteiger partial charge in [-0.05, 0) is 44.2 Å². The van der Waals surface area contributed by atoms with Crippen LogP contribution in [0.2, 0.25) is 0 Å². The molecular formula is C19H28N2O3. The summed E-state index contributed by atoms with van der Waals surface area (Å²) in [6.07, 6.45) is 3.57. The number of nitrogens with zero attached hydrogens (tertiary/aromatic N) is 1. The van der Waals surface area contributed by atoms with Crippen molar-refractivity contribution in [1.82, 2.24) is 5.32 Å². The van der Waals surface area contributed by atoms with Crippen LogP contribution in [-0.4, -0.2) is 37.6 Å². The van der Waals surface area contributed by atoms with Crippen LogP contribution in [0.3, 0.4) is 0 Å². The lowest BCUT2D eigenvalue weighted by Gasteiger charge is -2.30. The molecule has 24 heavy (non-hydrogen) atoms. The number of carbonyl (C=O) groups excluding carboxylic acids is 2. The number of fused-ring (bicyclic) bond motifs is 1. The molecule has 1 N–H and O–H groups in total. The first-order valence-electron chi connectivity index (χ1n) is 8.94. The number of amides is 2. The van der Waals surface area contributed by atoms with Gasteiger partial charge in [0, 0.05) is 31.9 Å². The summed E-state index contributed by atoms with van der Waals surface area (Å²) in [5.74, 6) is -0.0460. The summed E-state index contributed by atoms with van der Waals surface area (Å²) < 4.78 is 5.28. The molecular weight excluding hydrogens is 304 g/mol. The second-order valence-electron chi connectivity index (χ2n) is 6.01. The molecule has 5 heteroatoms. The third-order valence-electron chi connectivity index (χ3n) is 4.33. The van der Waals surface area contributed by atoms with Gasteiger partial charge in [-0.25, -0.2) is 0 Å². The zero-order valence-electron chi connectivity index (χ0n) is 14.7. The van der Waals surface area contributed by atoms with Crippen molar-refractivity contribution in [3.8, 4) is 0 Å². The Morgan fingerprint density at radius 3 is 2.83 bits per heavy atom. The fraction of sp³-hybridized carbons (Fsp3) is 0.579. The number of aryl methyl sites for hydroxylation is 1. The molecule has 0 radical (unpaired) electrons. The maximum Gasteiger partial charge on any atom is 0.243 e. The van der Waals surface area contributed by atoms with E-state index in [1.165, 1.54) is 0 Å². The molecule has 0 saturated carbocycles. The van der Waals surface area contributed by atoms with Gasteiger partial charge < -0.3 is 10.1 Å². The first-order valence-corrected chi connectivity index (χ1v) is 8.94. The fourth-order valence-corrected chi connectivity index (χ4v) is 3.12. The Kier molecular flexibility index (Phi) is 7.25. The van der Waals surface area contributed by atoms with Crippen LogP contribution in [0.15, 0.2) is 24.3 Å². The van der Waals surface area contributed by atoms with Gasteiger partial charge >= 0.3 is 0 Å². The number of benzene rings is 1. The number of nitrogens with one attached hydrogen (secondary N) is 1. The van der Waals surface area contributed by atoms with Crippen LogP contribution in [0, 0.1) is 0 Å². The quantitative estimate of drug-likeness (QED) is 0.745. The van der Waals surface area contributed by atoms with Gasteiger partial charge in [-0.3, -0.25) is 14.5 Å². The SMILES string of the molecule is CCOCCCNC(=O)C(CC)N1C(=O)CCCc2ccccc21. The second kappa shape index (κ2) is 9.42. The minimum atomic E-state index is -0.455. The van der Waals surface area contributed by atoms with E-state index in [4.69, 9.17) is 4.74 Å². The molecule has 0 aromatic heterocycles. The Morgan fingerprint density at radius 1 is 1.29 bits per heavy atom. The van der Waals surface area contributed by atoms with E-state index in [2.05, 4.69) is 5.32 Å². The lowest BCUT2D eigenvalue weighted by Crippen LogP contribution is -2.49. The molecule has 2 amide bonds. The first kappa shape index (κ1) is 18.5. The number of hydrogen-bond acceptors (Lipinski definition) is 3. The van der Waals surface area contributed by atoms with Crippen LogP contribution in [0.25, 0.3) is 0 Å². The summed E-state index contributed by atoms with van der Waals surface area (Å²) in [6.45, 7) is 5.79. The molecule has 0 saturated heterocycles. The van der Waals surface area contributed by atoms with E-state index in [1.807, 2.05) is 38.1 Å². The minimum Gasteiger partial charge on any atom is -0.382 e. The van der Waals surface area contributed by atoms with E-state index in [0.717, 1.165) is 30.5 Å². The number of para-hydroxylation sites is 1. The van der Waals surface area contributed by atoms with Gasteiger partial charge in [0.25, 0.3) is 0 Å². The zero-order chi connectivity index (χ0) is 17.4. The van der Waals surface area contributed by atoms with Crippen molar-refractivity contribution in [3.05, 3.63) is 29.8 Å². The lowest BCUT2D eigenvalue weighted by atomic mass is 10.1. The van der Waals surface area contributed by atoms with E-state index >= 15 is 0 Å². The number of anilines is 1. The first-order chi connectivity index (χ1) is 11.7. The van der Waals surface area contributed by atoms with Gasteiger partial charge in [0.2, 0.25) is 11.8 Å². The summed E-state index contributed by atoms with van der Waals surface area (Å²) in [6, 6.07) is 7.46. The molecule has 0 aliphatic carbocycles. The molecule has 1 aromatic carbocycles. The third kappa shape index (κ3) is 4.57. The van der Waals surface area contributed by atoms with Gasteiger partial charge in [-0.1, -0.05) is 25.1 Å². The zero-order valence-corrected chi connectivity index (χ0v) is 14.7. The molecule has 132 valence electrons. The molecule has 1 heterocycles. The number of ether oxygens (including phenoxy) is 1. The van der Waals surface area contributed by atoms with Crippen molar-refractivity contribution in [2.24, 2.45) is 0 Å². The smallest absolute Gasteiger partial charge is 0.243 e. The van der Waals surface area contributed by atoms with Crippen molar-refractivity contribution in [1.29, 1.82) is 0 Å². The van der Waals surface area contributed by atoms with Crippen molar-refractivity contribution in [2.45, 2.75) is 52.0 Å². The van der Waals surface area contributed by atoms with Crippen LogP contribution in [-0.2, 0) is 20.7 Å². The number of carbonyl (C=O) groups is 2. The Hall–Kier alpha value is -1.88. The molecule has 5 nitrogen and oxygen atoms in total. The summed E-state index contributed by atoms with van der Waals surface area (Å²) >= 11 is 0. The van der Waals surface area contributed by atoms with E-state index in [1.54, 1.807) is 4.90 Å². The minimum absolute atomic E-state index is 0.0382. The monoisotopic (exact) mass is 332 g/mol. The summed E-state index contributed by atoms with van der Waals surface area (Å²) in [4.78, 5) is 27.0. The molecule has 2 rings (SSSR count). The Bertz CT molecular complexity index is 559. The molecule has 0 fully saturated rings. The maximum atomic E-state index is 12.6. The number of rotatable bonds is 8. The fourth-order valence-electron chi connectivity index (χ4n) is 3.12. The van der Waals surface area contributed by atoms with Crippen molar-refractivity contribution < 1.29 is 14.3 Å². The Morgan fingerprint density at radius 2 is 2.08 bits per heavy atom. The molecule has 1 aromatic rings. The van der Waals surface area contributed by atoms with E-state index in [-0.39, 0.29) is 11.8 Å². The van der Waals surface area contributed by atoms with Gasteiger partial charge in [-0.15, -0.1) is 0 Å². The topological polar surface area (TPSA) is 58.6 Å². The van der Waals surface area contributed by atoms with Crippen LogP contribution >= 0.6 is 0 Å². The van der Waals surface area contributed by atoms with Gasteiger partial charge in [0.05, 0.1) is 0 Å². The largest absolute Gasteiger partial charge is 0.382 e. The average molecular weight is 332 g/mol. The standard InChI is InChI=1S/C19H28N2O3/c1-3-16(19(23)20-13-8-14-24-4-2)21-17-11-6-5-9-15(17)10-7-12-18(21)22/h5-6,9,11,16H,3-4,7-8,10,12-14H2,1-2H3,(H,20,23). The van der Waals surface area contributed by atoms with Gasteiger partial charge in [0.1, 0.15) is 6.04 Å². The number of hydrogen-bond donors (Lipinski definition) is 1. The van der Waals surface area contributed by atoms with Crippen LogP contribution in [0.5, 0.6) is 0 Å². The van der Waals surface area contributed by atoms with Crippen LogP contribution in [0.4, 0.5) is 5.69 Å². The van der Waals surface area contributed by atoms with E-state index in [0.29, 0.717) is 32.6 Å². The van der Waals surface area contributed by atoms with Crippen molar-refractivity contribution in [2.75, 3.05) is 24.7 Å². The van der Waals surface area contributed by atoms with E-state index in [9.17, 15) is 9.59 Å². The normalized spacial score (nSPS) is 15.6. The van der Waals surface area contributed by atoms with Gasteiger partial charge in [-0.2, -0.15) is 0 Å². The highest BCUT2D eigenvalue weighted by Crippen LogP contribution is 2.29. The molecule has 0 spiro atoms. The van der Waals surface area contributed by atoms with Crippen LogP contribution in [0.1, 0.15) is 45.1 Å². The third-order valence-corrected chi connectivity index (χ3v) is 4.33. The molecule has 0 bridgehead atoms. The van der Waals surface area contributed by atoms with Gasteiger partial charge in [0.15, 0.2) is 0 Å². The molecule has 1 unspecified atom stereocenters. The Balaban J connectivity index is 2.10. The predicted octanol–water partition coefficient (Wildman–Crippen LogP) is 2.68. The highest BCUT2D eigenvalue weighted by atomic mass is 16.5. The highest BCUT2D eigenvalue weighted by Gasteiger charge is 2.32. The molecule has 1 aliphatic heterocycles. The molecule has 1 aliphatic rings.